The van der Waals surface area contributed by atoms with Gasteiger partial charge in [0.15, 0.2) is 5.70 Å². The largest absolute Gasteiger partial charge is 0.402 e. The summed E-state index contributed by atoms with van der Waals surface area (Å²) in [4.78, 5) is 19.7. The number of benzene rings is 1. The number of aliphatic imine (C=N–C) groups is 1. The predicted molar refractivity (Wildman–Crippen MR) is 99.4 cm³/mol. The van der Waals surface area contributed by atoms with E-state index in [1.54, 1.807) is 35.6 Å². The molecule has 0 saturated carbocycles. The quantitative estimate of drug-likeness (QED) is 0.608. The average molecular weight is 375 g/mol. The number of halogens is 1. The van der Waals surface area contributed by atoms with Crippen LogP contribution in [-0.2, 0) is 14.3 Å². The van der Waals surface area contributed by atoms with Gasteiger partial charge in [0.2, 0.25) is 5.90 Å². The van der Waals surface area contributed by atoms with Crippen molar-refractivity contribution in [3.05, 3.63) is 57.6 Å². The Balaban J connectivity index is 1.56. The first-order valence-electron chi connectivity index (χ1n) is 7.90. The fourth-order valence-electron chi connectivity index (χ4n) is 2.66. The molecule has 1 saturated heterocycles. The summed E-state index contributed by atoms with van der Waals surface area (Å²) < 4.78 is 10.6. The molecule has 0 bridgehead atoms. The summed E-state index contributed by atoms with van der Waals surface area (Å²) in [5, 5.41) is 1.74. The van der Waals surface area contributed by atoms with Crippen LogP contribution in [0.1, 0.15) is 10.4 Å². The van der Waals surface area contributed by atoms with Crippen LogP contribution in [0.4, 0.5) is 5.00 Å². The Morgan fingerprint density at radius 3 is 2.84 bits per heavy atom. The molecule has 128 valence electrons. The van der Waals surface area contributed by atoms with E-state index in [4.69, 9.17) is 21.1 Å². The molecular weight excluding hydrogens is 360 g/mol. The molecule has 0 N–H and O–H groups in total. The second-order valence-corrected chi connectivity index (χ2v) is 7.15. The molecule has 0 radical (unpaired) electrons. The number of rotatable bonds is 3. The van der Waals surface area contributed by atoms with E-state index in [1.165, 1.54) is 5.00 Å². The van der Waals surface area contributed by atoms with Gasteiger partial charge in [-0.25, -0.2) is 9.79 Å². The number of thiophene rings is 1. The smallest absolute Gasteiger partial charge is 0.363 e. The topological polar surface area (TPSA) is 51.1 Å². The Morgan fingerprint density at radius 1 is 1.20 bits per heavy atom. The van der Waals surface area contributed by atoms with Crippen LogP contribution in [0.15, 0.2) is 47.1 Å². The van der Waals surface area contributed by atoms with E-state index in [0.717, 1.165) is 31.2 Å². The molecule has 0 aliphatic carbocycles. The molecule has 0 amide bonds. The minimum atomic E-state index is -0.448. The maximum atomic E-state index is 12.1. The highest BCUT2D eigenvalue weighted by molar-refractivity contribution is 7.16. The molecule has 1 aromatic heterocycles. The van der Waals surface area contributed by atoms with Crippen LogP contribution in [0.5, 0.6) is 0 Å². The summed E-state index contributed by atoms with van der Waals surface area (Å²) in [6.07, 6.45) is 1.76. The number of carbonyl (C=O) groups excluding carboxylic acids is 1. The Morgan fingerprint density at radius 2 is 2.04 bits per heavy atom. The summed E-state index contributed by atoms with van der Waals surface area (Å²) in [6.45, 7) is 3.26. The summed E-state index contributed by atoms with van der Waals surface area (Å²) in [7, 11) is 0. The number of ether oxygens (including phenoxy) is 2. The molecule has 3 heterocycles. The molecular formula is C18H15ClN2O3S. The van der Waals surface area contributed by atoms with Gasteiger partial charge in [0, 0.05) is 28.6 Å². The number of carbonyl (C=O) groups is 1. The Labute approximate surface area is 154 Å². The first-order valence-corrected chi connectivity index (χ1v) is 9.09. The van der Waals surface area contributed by atoms with E-state index in [9.17, 15) is 4.79 Å². The van der Waals surface area contributed by atoms with Crippen LogP contribution in [0.3, 0.4) is 0 Å². The van der Waals surface area contributed by atoms with Crippen molar-refractivity contribution in [1.82, 2.24) is 0 Å². The van der Waals surface area contributed by atoms with Crippen molar-refractivity contribution < 1.29 is 14.3 Å². The summed E-state index contributed by atoms with van der Waals surface area (Å²) in [6, 6.07) is 11.1. The maximum Gasteiger partial charge on any atom is 0.363 e. The SMILES string of the molecule is O=C1OC(c2cccc(Cl)c2)=N/C1=C\c1ccc(N2CCOCC2)s1. The minimum absolute atomic E-state index is 0.281. The highest BCUT2D eigenvalue weighted by Crippen LogP contribution is 2.29. The molecule has 1 fully saturated rings. The Kier molecular flexibility index (Phi) is 4.57. The van der Waals surface area contributed by atoms with Crippen LogP contribution in [0.2, 0.25) is 5.02 Å². The lowest BCUT2D eigenvalue weighted by Gasteiger charge is -2.27. The molecule has 0 spiro atoms. The lowest BCUT2D eigenvalue weighted by atomic mass is 10.2. The zero-order chi connectivity index (χ0) is 17.2. The van der Waals surface area contributed by atoms with Crippen molar-refractivity contribution in [2.24, 2.45) is 4.99 Å². The fraction of sp³-hybridized carbons (Fsp3) is 0.222. The van der Waals surface area contributed by atoms with Gasteiger partial charge in [-0.1, -0.05) is 17.7 Å². The van der Waals surface area contributed by atoms with E-state index in [1.807, 2.05) is 12.1 Å². The van der Waals surface area contributed by atoms with Crippen LogP contribution in [0, 0.1) is 0 Å². The van der Waals surface area contributed by atoms with Gasteiger partial charge in [-0.05, 0) is 36.4 Å². The number of hydrogen-bond donors (Lipinski definition) is 0. The van der Waals surface area contributed by atoms with E-state index in [-0.39, 0.29) is 5.90 Å². The van der Waals surface area contributed by atoms with Gasteiger partial charge in [-0.15, -0.1) is 11.3 Å². The van der Waals surface area contributed by atoms with Crippen molar-refractivity contribution >= 4 is 45.9 Å². The first kappa shape index (κ1) is 16.3. The van der Waals surface area contributed by atoms with Crippen molar-refractivity contribution in [1.29, 1.82) is 0 Å². The summed E-state index contributed by atoms with van der Waals surface area (Å²) in [5.74, 6) is -0.167. The lowest BCUT2D eigenvalue weighted by Crippen LogP contribution is -2.35. The zero-order valence-corrected chi connectivity index (χ0v) is 14.8. The molecule has 2 aliphatic rings. The van der Waals surface area contributed by atoms with Crippen LogP contribution in [0.25, 0.3) is 6.08 Å². The monoisotopic (exact) mass is 374 g/mol. The molecule has 2 aromatic rings. The second-order valence-electron chi connectivity index (χ2n) is 5.62. The average Bonchev–Trinajstić information content (AvgIpc) is 3.24. The number of cyclic esters (lactones) is 1. The number of esters is 1. The Bertz CT molecular complexity index is 869. The van der Waals surface area contributed by atoms with Gasteiger partial charge in [0.25, 0.3) is 0 Å². The number of anilines is 1. The van der Waals surface area contributed by atoms with Gasteiger partial charge in [0.05, 0.1) is 18.2 Å². The molecule has 5 nitrogen and oxygen atoms in total. The van der Waals surface area contributed by atoms with Gasteiger partial charge in [-0.3, -0.25) is 0 Å². The zero-order valence-electron chi connectivity index (χ0n) is 13.3. The first-order chi connectivity index (χ1) is 12.2. The minimum Gasteiger partial charge on any atom is -0.402 e. The summed E-state index contributed by atoms with van der Waals surface area (Å²) in [5.41, 5.74) is 0.981. The molecule has 0 unspecified atom stereocenters. The predicted octanol–water partition coefficient (Wildman–Crippen LogP) is 3.58. The third kappa shape index (κ3) is 3.61. The molecule has 4 rings (SSSR count). The van der Waals surface area contributed by atoms with E-state index in [0.29, 0.717) is 16.3 Å². The van der Waals surface area contributed by atoms with Crippen molar-refractivity contribution in [2.45, 2.75) is 0 Å². The van der Waals surface area contributed by atoms with Crippen LogP contribution >= 0.6 is 22.9 Å². The highest BCUT2D eigenvalue weighted by atomic mass is 35.5. The Hall–Kier alpha value is -2.15. The van der Waals surface area contributed by atoms with Gasteiger partial charge in [-0.2, -0.15) is 0 Å². The van der Waals surface area contributed by atoms with Crippen LogP contribution < -0.4 is 4.90 Å². The van der Waals surface area contributed by atoms with Gasteiger partial charge >= 0.3 is 5.97 Å². The molecule has 1 aromatic carbocycles. The van der Waals surface area contributed by atoms with Crippen molar-refractivity contribution in [2.75, 3.05) is 31.2 Å². The van der Waals surface area contributed by atoms with Crippen molar-refractivity contribution in [3.8, 4) is 0 Å². The number of morpholine rings is 1. The third-order valence-electron chi connectivity index (χ3n) is 3.91. The van der Waals surface area contributed by atoms with Crippen molar-refractivity contribution in [3.63, 3.8) is 0 Å². The molecule has 2 aliphatic heterocycles. The van der Waals surface area contributed by atoms with Gasteiger partial charge in [0.1, 0.15) is 0 Å². The number of hydrogen-bond acceptors (Lipinski definition) is 6. The second kappa shape index (κ2) is 7.00. The summed E-state index contributed by atoms with van der Waals surface area (Å²) >= 11 is 7.60. The third-order valence-corrected chi connectivity index (χ3v) is 5.23. The standard InChI is InChI=1S/C18H15ClN2O3S/c19-13-3-1-2-12(10-13)17-20-15(18(22)24-17)11-14-4-5-16(25-14)21-6-8-23-9-7-21/h1-5,10-11H,6-9H2/b15-11-. The normalized spacial score (nSPS) is 19.2. The fourth-order valence-corrected chi connectivity index (χ4v) is 3.85. The lowest BCUT2D eigenvalue weighted by molar-refractivity contribution is -0.129. The van der Waals surface area contributed by atoms with E-state index in [2.05, 4.69) is 16.0 Å². The maximum absolute atomic E-state index is 12.1. The molecule has 0 atom stereocenters. The number of nitrogens with zero attached hydrogens (tertiary/aromatic N) is 2. The van der Waals surface area contributed by atoms with Gasteiger partial charge < -0.3 is 14.4 Å². The van der Waals surface area contributed by atoms with E-state index < -0.39 is 5.97 Å². The highest BCUT2D eigenvalue weighted by Gasteiger charge is 2.24. The molecule has 7 heteroatoms. The van der Waals surface area contributed by atoms with Crippen LogP contribution in [-0.4, -0.2) is 38.2 Å². The van der Waals surface area contributed by atoms with E-state index >= 15 is 0 Å². The molecule has 25 heavy (non-hydrogen) atoms.